The molecular weight excluding hydrogens is 458 g/mol. The number of ether oxygens (including phenoxy) is 1. The lowest BCUT2D eigenvalue weighted by Gasteiger charge is -2.25. The number of hydrogen-bond donors (Lipinski definition) is 2. The number of rotatable bonds is 6. The maximum atomic E-state index is 13.1. The maximum Gasteiger partial charge on any atom is 0.243 e. The summed E-state index contributed by atoms with van der Waals surface area (Å²) in [6, 6.07) is 12.7. The first-order valence-corrected chi connectivity index (χ1v) is 12.6. The summed E-state index contributed by atoms with van der Waals surface area (Å²) in [5, 5.41) is 8.43. The van der Waals surface area contributed by atoms with Crippen LogP contribution in [-0.2, 0) is 17.1 Å². The summed E-state index contributed by atoms with van der Waals surface area (Å²) in [5.74, 6) is 0.720. The average molecular weight is 486 g/mol. The van der Waals surface area contributed by atoms with Gasteiger partial charge >= 0.3 is 0 Å². The Balaban J connectivity index is 1.52. The highest BCUT2D eigenvalue weighted by Gasteiger charge is 2.26. The molecule has 1 aliphatic rings. The smallest absolute Gasteiger partial charge is 0.243 e. The summed E-state index contributed by atoms with van der Waals surface area (Å²) in [5.41, 5.74) is 5.29. The third-order valence-corrected chi connectivity index (χ3v) is 7.73. The van der Waals surface area contributed by atoms with E-state index in [0.29, 0.717) is 23.1 Å². The van der Waals surface area contributed by atoms with E-state index in [0.717, 1.165) is 47.2 Å². The molecule has 174 valence electrons. The minimum Gasteiger partial charge on any atom is -0.497 e. The fourth-order valence-electron chi connectivity index (χ4n) is 3.94. The highest BCUT2D eigenvalue weighted by molar-refractivity contribution is 7.89. The van der Waals surface area contributed by atoms with Crippen LogP contribution < -0.4 is 15.5 Å². The molecule has 10 heteroatoms. The van der Waals surface area contributed by atoms with Gasteiger partial charge in [0.2, 0.25) is 10.0 Å². The normalized spacial score (nSPS) is 15.1. The van der Waals surface area contributed by atoms with Crippen molar-refractivity contribution in [2.45, 2.75) is 24.2 Å². The fourth-order valence-corrected chi connectivity index (χ4v) is 5.65. The third-order valence-electron chi connectivity index (χ3n) is 5.64. The molecule has 3 aromatic rings. The van der Waals surface area contributed by atoms with Gasteiger partial charge in [-0.05, 0) is 55.4 Å². The monoisotopic (exact) mass is 485 g/mol. The molecule has 8 nitrogen and oxygen atoms in total. The number of piperidine rings is 1. The van der Waals surface area contributed by atoms with Crippen LogP contribution in [0.5, 0.6) is 5.75 Å². The molecule has 0 unspecified atom stereocenters. The molecule has 0 aliphatic carbocycles. The van der Waals surface area contributed by atoms with Crippen molar-refractivity contribution in [3.05, 3.63) is 54.2 Å². The highest BCUT2D eigenvalue weighted by Crippen LogP contribution is 2.26. The Morgan fingerprint density at radius 3 is 2.70 bits per heavy atom. The molecule has 2 aromatic carbocycles. The number of hydrogen-bond acceptors (Lipinski definition) is 5. The molecule has 0 amide bonds. The standard InChI is InChI=1S/C23H27N5O3S2/c1-27-16-17(15-24-26-23(32)25-18-7-6-8-19(13-18)31-2)21-14-20(9-10-22(21)27)33(29,30)28-11-4-3-5-12-28/h6-10,13-16H,3-5,11-12H2,1-2H3,(H2,25,26,32). The SMILES string of the molecule is COc1cccc(NC(=S)NN=Cc2cn(C)c3ccc(S(=O)(=O)N4CCCCC4)cc23)c1. The number of methoxy groups -OCH3 is 1. The quantitative estimate of drug-likeness (QED) is 0.315. The van der Waals surface area contributed by atoms with E-state index >= 15 is 0 Å². The summed E-state index contributed by atoms with van der Waals surface area (Å²) in [6.07, 6.45) is 6.43. The number of aromatic nitrogens is 1. The number of hydrazone groups is 1. The zero-order valence-electron chi connectivity index (χ0n) is 18.6. The number of sulfonamides is 1. The van der Waals surface area contributed by atoms with Gasteiger partial charge in [0, 0.05) is 54.6 Å². The lowest BCUT2D eigenvalue weighted by Crippen LogP contribution is -2.35. The van der Waals surface area contributed by atoms with Crippen LogP contribution >= 0.6 is 12.2 Å². The van der Waals surface area contributed by atoms with E-state index < -0.39 is 10.0 Å². The van der Waals surface area contributed by atoms with Crippen molar-refractivity contribution < 1.29 is 13.2 Å². The predicted molar refractivity (Wildman–Crippen MR) is 135 cm³/mol. The number of nitrogens with one attached hydrogen (secondary N) is 2. The Labute approximate surface area is 199 Å². The second kappa shape index (κ2) is 9.90. The Morgan fingerprint density at radius 1 is 1.15 bits per heavy atom. The number of benzene rings is 2. The summed E-state index contributed by atoms with van der Waals surface area (Å²) >= 11 is 5.31. The Kier molecular flexibility index (Phi) is 6.96. The van der Waals surface area contributed by atoms with Crippen LogP contribution in [-0.4, -0.2) is 48.8 Å². The van der Waals surface area contributed by atoms with E-state index in [1.165, 1.54) is 0 Å². The van der Waals surface area contributed by atoms with Gasteiger partial charge in [-0.3, -0.25) is 5.43 Å². The van der Waals surface area contributed by atoms with Crippen molar-refractivity contribution in [3.63, 3.8) is 0 Å². The van der Waals surface area contributed by atoms with E-state index in [4.69, 9.17) is 17.0 Å². The van der Waals surface area contributed by atoms with Crippen molar-refractivity contribution in [2.75, 3.05) is 25.5 Å². The van der Waals surface area contributed by atoms with Gasteiger partial charge in [-0.15, -0.1) is 0 Å². The lowest BCUT2D eigenvalue weighted by atomic mass is 10.2. The molecule has 2 N–H and O–H groups in total. The Morgan fingerprint density at radius 2 is 1.94 bits per heavy atom. The molecule has 33 heavy (non-hydrogen) atoms. The summed E-state index contributed by atoms with van der Waals surface area (Å²) in [4.78, 5) is 0.306. The molecule has 4 rings (SSSR count). The summed E-state index contributed by atoms with van der Waals surface area (Å²) < 4.78 is 35.0. The van der Waals surface area contributed by atoms with Crippen LogP contribution in [0.3, 0.4) is 0 Å². The molecule has 2 heterocycles. The topological polar surface area (TPSA) is 88.0 Å². The van der Waals surface area contributed by atoms with Gasteiger partial charge in [0.1, 0.15) is 5.75 Å². The molecule has 0 spiro atoms. The van der Waals surface area contributed by atoms with Crippen molar-refractivity contribution in [1.29, 1.82) is 0 Å². The molecular formula is C23H27N5O3S2. The van der Waals surface area contributed by atoms with Gasteiger partial charge < -0.3 is 14.6 Å². The van der Waals surface area contributed by atoms with E-state index in [1.807, 2.05) is 48.1 Å². The molecule has 1 aliphatic heterocycles. The predicted octanol–water partition coefficient (Wildman–Crippen LogP) is 3.68. The molecule has 1 saturated heterocycles. The van der Waals surface area contributed by atoms with Crippen LogP contribution in [0, 0.1) is 0 Å². The van der Waals surface area contributed by atoms with Crippen LogP contribution in [0.15, 0.2) is 58.7 Å². The molecule has 0 radical (unpaired) electrons. The van der Waals surface area contributed by atoms with Gasteiger partial charge in [-0.1, -0.05) is 12.5 Å². The number of fused-ring (bicyclic) bond motifs is 1. The van der Waals surface area contributed by atoms with Gasteiger partial charge in [0.25, 0.3) is 0 Å². The lowest BCUT2D eigenvalue weighted by molar-refractivity contribution is 0.346. The van der Waals surface area contributed by atoms with E-state index in [1.54, 1.807) is 29.8 Å². The summed E-state index contributed by atoms with van der Waals surface area (Å²) in [7, 11) is 0.00967. The van der Waals surface area contributed by atoms with Crippen LogP contribution in [0.1, 0.15) is 24.8 Å². The van der Waals surface area contributed by atoms with Gasteiger partial charge in [0.15, 0.2) is 5.11 Å². The van der Waals surface area contributed by atoms with Gasteiger partial charge in [0.05, 0.1) is 18.2 Å². The van der Waals surface area contributed by atoms with Crippen molar-refractivity contribution >= 4 is 50.2 Å². The zero-order chi connectivity index (χ0) is 23.4. The largest absolute Gasteiger partial charge is 0.497 e. The van der Waals surface area contributed by atoms with E-state index in [2.05, 4.69) is 15.8 Å². The number of thiocarbonyl (C=S) groups is 1. The molecule has 0 atom stereocenters. The highest BCUT2D eigenvalue weighted by atomic mass is 32.2. The Bertz CT molecular complexity index is 1290. The Hall–Kier alpha value is -2.95. The zero-order valence-corrected chi connectivity index (χ0v) is 20.2. The first kappa shape index (κ1) is 23.2. The summed E-state index contributed by atoms with van der Waals surface area (Å²) in [6.45, 7) is 1.15. The minimum atomic E-state index is -3.51. The first-order valence-electron chi connectivity index (χ1n) is 10.7. The fraction of sp³-hybridized carbons (Fsp3) is 0.304. The van der Waals surface area contributed by atoms with Crippen LogP contribution in [0.4, 0.5) is 5.69 Å². The van der Waals surface area contributed by atoms with E-state index in [-0.39, 0.29) is 0 Å². The second-order valence-corrected chi connectivity index (χ2v) is 10.2. The minimum absolute atomic E-state index is 0.306. The van der Waals surface area contributed by atoms with Gasteiger partial charge in [-0.2, -0.15) is 9.41 Å². The van der Waals surface area contributed by atoms with Crippen molar-refractivity contribution in [2.24, 2.45) is 12.1 Å². The maximum absolute atomic E-state index is 13.1. The number of anilines is 1. The molecule has 1 aromatic heterocycles. The van der Waals surface area contributed by atoms with Crippen molar-refractivity contribution in [1.82, 2.24) is 14.3 Å². The van der Waals surface area contributed by atoms with Gasteiger partial charge in [-0.25, -0.2) is 8.42 Å². The van der Waals surface area contributed by atoms with Crippen LogP contribution in [0.2, 0.25) is 0 Å². The number of aryl methyl sites for hydroxylation is 1. The van der Waals surface area contributed by atoms with Crippen LogP contribution in [0.25, 0.3) is 10.9 Å². The van der Waals surface area contributed by atoms with Crippen molar-refractivity contribution in [3.8, 4) is 5.75 Å². The van der Waals surface area contributed by atoms with E-state index in [9.17, 15) is 8.42 Å². The molecule has 0 saturated carbocycles. The average Bonchev–Trinajstić information content (AvgIpc) is 3.14. The molecule has 0 bridgehead atoms. The third kappa shape index (κ3) is 5.18. The first-order chi connectivity index (χ1) is 15.9. The second-order valence-electron chi connectivity index (χ2n) is 7.90. The number of nitrogens with zero attached hydrogens (tertiary/aromatic N) is 3. The molecule has 1 fully saturated rings.